The van der Waals surface area contributed by atoms with Crippen LogP contribution in [0.15, 0.2) is 24.3 Å². The molecule has 0 saturated carbocycles. The van der Waals surface area contributed by atoms with Crippen LogP contribution >= 0.6 is 0 Å². The van der Waals surface area contributed by atoms with E-state index in [9.17, 15) is 18.5 Å². The molecule has 0 fully saturated rings. The van der Waals surface area contributed by atoms with Gasteiger partial charge in [-0.3, -0.25) is 10.1 Å². The van der Waals surface area contributed by atoms with Crippen LogP contribution in [0.3, 0.4) is 0 Å². The van der Waals surface area contributed by atoms with Gasteiger partial charge in [-0.25, -0.2) is 13.6 Å². The van der Waals surface area contributed by atoms with E-state index < -0.39 is 14.9 Å². The molecule has 0 radical (unpaired) electrons. The highest BCUT2D eigenvalue weighted by Crippen LogP contribution is 2.12. The van der Waals surface area contributed by atoms with Crippen LogP contribution in [-0.4, -0.2) is 13.3 Å². The zero-order valence-corrected chi connectivity index (χ0v) is 7.90. The van der Waals surface area contributed by atoms with Crippen molar-refractivity contribution in [3.63, 3.8) is 0 Å². The first-order valence-electron chi connectivity index (χ1n) is 3.62. The average molecular weight is 216 g/mol. The summed E-state index contributed by atoms with van der Waals surface area (Å²) < 4.78 is 21.3. The van der Waals surface area contributed by atoms with Gasteiger partial charge in [-0.15, -0.1) is 0 Å². The van der Waals surface area contributed by atoms with Gasteiger partial charge < -0.3 is 0 Å². The van der Waals surface area contributed by atoms with E-state index in [2.05, 4.69) is 0 Å². The molecule has 0 aliphatic rings. The van der Waals surface area contributed by atoms with Gasteiger partial charge in [-0.05, 0) is 5.56 Å². The van der Waals surface area contributed by atoms with Gasteiger partial charge in [0, 0.05) is 12.1 Å². The molecule has 0 unspecified atom stereocenters. The minimum absolute atomic E-state index is 0.0804. The van der Waals surface area contributed by atoms with E-state index in [1.165, 1.54) is 24.3 Å². The Kier molecular flexibility index (Phi) is 2.82. The third kappa shape index (κ3) is 3.11. The molecule has 1 rings (SSSR count). The number of non-ortho nitro benzene ring substituents is 1. The van der Waals surface area contributed by atoms with Crippen molar-refractivity contribution in [2.45, 2.75) is 5.75 Å². The number of nitro groups is 1. The van der Waals surface area contributed by atoms with Crippen LogP contribution in [0.25, 0.3) is 0 Å². The molecular weight excluding hydrogens is 208 g/mol. The topological polar surface area (TPSA) is 103 Å². The molecular formula is C7H8N2O4S. The highest BCUT2D eigenvalue weighted by molar-refractivity contribution is 7.88. The lowest BCUT2D eigenvalue weighted by Gasteiger charge is -1.97. The Morgan fingerprint density at radius 3 is 2.14 bits per heavy atom. The van der Waals surface area contributed by atoms with Crippen molar-refractivity contribution in [3.05, 3.63) is 39.9 Å². The van der Waals surface area contributed by atoms with E-state index in [0.717, 1.165) is 0 Å². The Bertz CT molecular complexity index is 437. The van der Waals surface area contributed by atoms with Gasteiger partial charge in [-0.1, -0.05) is 12.1 Å². The maximum atomic E-state index is 10.7. The Labute approximate surface area is 80.5 Å². The number of primary sulfonamides is 1. The summed E-state index contributed by atoms with van der Waals surface area (Å²) >= 11 is 0. The van der Waals surface area contributed by atoms with Crippen LogP contribution < -0.4 is 5.14 Å². The molecule has 0 amide bonds. The number of benzene rings is 1. The van der Waals surface area contributed by atoms with E-state index in [1.807, 2.05) is 0 Å². The molecule has 0 saturated heterocycles. The molecule has 1 aromatic rings. The fraction of sp³-hybridized carbons (Fsp3) is 0.143. The second-order valence-corrected chi connectivity index (χ2v) is 4.35. The largest absolute Gasteiger partial charge is 0.269 e. The van der Waals surface area contributed by atoms with Gasteiger partial charge in [-0.2, -0.15) is 0 Å². The molecule has 0 heterocycles. The number of hydrogen-bond acceptors (Lipinski definition) is 4. The highest BCUT2D eigenvalue weighted by Gasteiger charge is 2.07. The van der Waals surface area contributed by atoms with Gasteiger partial charge in [0.15, 0.2) is 0 Å². The summed E-state index contributed by atoms with van der Waals surface area (Å²) in [5.74, 6) is -0.314. The molecule has 0 spiro atoms. The summed E-state index contributed by atoms with van der Waals surface area (Å²) in [6.07, 6.45) is 0. The Balaban J connectivity index is 2.90. The zero-order chi connectivity index (χ0) is 10.8. The van der Waals surface area contributed by atoms with Crippen molar-refractivity contribution in [1.82, 2.24) is 0 Å². The zero-order valence-electron chi connectivity index (χ0n) is 7.08. The number of sulfonamides is 1. The van der Waals surface area contributed by atoms with Crippen LogP contribution in [0, 0.1) is 10.1 Å². The van der Waals surface area contributed by atoms with Gasteiger partial charge in [0.25, 0.3) is 5.69 Å². The monoisotopic (exact) mass is 216 g/mol. The number of hydrogen-bond donors (Lipinski definition) is 1. The van der Waals surface area contributed by atoms with Crippen molar-refractivity contribution in [2.24, 2.45) is 5.14 Å². The lowest BCUT2D eigenvalue weighted by Crippen LogP contribution is -2.14. The van der Waals surface area contributed by atoms with Crippen molar-refractivity contribution in [1.29, 1.82) is 0 Å². The molecule has 1 aromatic carbocycles. The molecule has 0 atom stereocenters. The summed E-state index contributed by atoms with van der Waals surface area (Å²) in [5, 5.41) is 15.1. The second kappa shape index (κ2) is 3.72. The molecule has 0 aliphatic carbocycles. The van der Waals surface area contributed by atoms with E-state index >= 15 is 0 Å². The van der Waals surface area contributed by atoms with Crippen LogP contribution in [0.5, 0.6) is 0 Å². The molecule has 14 heavy (non-hydrogen) atoms. The van der Waals surface area contributed by atoms with Crippen molar-refractivity contribution < 1.29 is 13.3 Å². The molecule has 0 aromatic heterocycles. The summed E-state index contributed by atoms with van der Waals surface area (Å²) in [7, 11) is -3.58. The average Bonchev–Trinajstić information content (AvgIpc) is 2.02. The molecule has 6 nitrogen and oxygen atoms in total. The Morgan fingerprint density at radius 2 is 1.79 bits per heavy atom. The minimum Gasteiger partial charge on any atom is -0.258 e. The highest BCUT2D eigenvalue weighted by atomic mass is 32.2. The number of nitrogens with two attached hydrogens (primary N) is 1. The predicted molar refractivity (Wildman–Crippen MR) is 49.9 cm³/mol. The number of rotatable bonds is 3. The molecule has 0 bridgehead atoms. The molecule has 0 aliphatic heterocycles. The normalized spacial score (nSPS) is 11.2. The molecule has 7 heteroatoms. The van der Waals surface area contributed by atoms with Crippen LogP contribution in [-0.2, 0) is 15.8 Å². The lowest BCUT2D eigenvalue weighted by molar-refractivity contribution is -0.384. The summed E-state index contributed by atoms with van der Waals surface area (Å²) in [6.45, 7) is 0. The van der Waals surface area contributed by atoms with Crippen LogP contribution in [0.1, 0.15) is 5.56 Å². The quantitative estimate of drug-likeness (QED) is 0.582. The summed E-state index contributed by atoms with van der Waals surface area (Å²) in [6, 6.07) is 5.20. The van der Waals surface area contributed by atoms with E-state index in [1.54, 1.807) is 0 Å². The number of nitrogens with zero attached hydrogens (tertiary/aromatic N) is 1. The fourth-order valence-corrected chi connectivity index (χ4v) is 1.60. The van der Waals surface area contributed by atoms with E-state index in [4.69, 9.17) is 5.14 Å². The van der Waals surface area contributed by atoms with Gasteiger partial charge in [0.1, 0.15) is 0 Å². The van der Waals surface area contributed by atoms with Crippen LogP contribution in [0.2, 0.25) is 0 Å². The third-order valence-electron chi connectivity index (χ3n) is 1.52. The summed E-state index contributed by atoms with van der Waals surface area (Å²) in [5.41, 5.74) is 0.348. The Morgan fingerprint density at radius 1 is 1.29 bits per heavy atom. The SMILES string of the molecule is NS(=O)(=O)Cc1ccc([N+](=O)[O-])cc1. The first-order chi connectivity index (χ1) is 6.38. The first kappa shape index (κ1) is 10.6. The van der Waals surface area contributed by atoms with E-state index in [0.29, 0.717) is 5.56 Å². The third-order valence-corrected chi connectivity index (χ3v) is 2.25. The van der Waals surface area contributed by atoms with Crippen molar-refractivity contribution in [2.75, 3.05) is 0 Å². The first-order valence-corrected chi connectivity index (χ1v) is 5.34. The molecule has 76 valence electrons. The minimum atomic E-state index is -3.58. The standard InChI is InChI=1S/C7H8N2O4S/c8-14(12,13)5-6-1-3-7(4-2-6)9(10)11/h1-4H,5H2,(H2,8,12,13). The smallest absolute Gasteiger partial charge is 0.258 e. The van der Waals surface area contributed by atoms with Crippen LogP contribution in [0.4, 0.5) is 5.69 Å². The second-order valence-electron chi connectivity index (χ2n) is 2.73. The maximum absolute atomic E-state index is 10.7. The van der Waals surface area contributed by atoms with Crippen molar-refractivity contribution in [3.8, 4) is 0 Å². The maximum Gasteiger partial charge on any atom is 0.269 e. The van der Waals surface area contributed by atoms with Gasteiger partial charge in [0.2, 0.25) is 10.0 Å². The lowest BCUT2D eigenvalue weighted by atomic mass is 10.2. The van der Waals surface area contributed by atoms with Crippen molar-refractivity contribution >= 4 is 15.7 Å². The summed E-state index contributed by atoms with van der Waals surface area (Å²) in [4.78, 5) is 9.71. The number of nitro benzene ring substituents is 1. The molecule has 2 N–H and O–H groups in total. The van der Waals surface area contributed by atoms with Gasteiger partial charge in [0.05, 0.1) is 10.7 Å². The van der Waals surface area contributed by atoms with E-state index in [-0.39, 0.29) is 11.4 Å². The van der Waals surface area contributed by atoms with Gasteiger partial charge >= 0.3 is 0 Å². The fourth-order valence-electron chi connectivity index (χ4n) is 0.946. The Hall–Kier alpha value is -1.47. The predicted octanol–water partition coefficient (Wildman–Crippen LogP) is 0.383.